The molecule has 15 nitrogen and oxygen atoms in total. The average molecular weight is 751 g/mol. The number of carboxylic acids is 1. The largest absolute Gasteiger partial charge is 0.481 e. The van der Waals surface area contributed by atoms with Crippen LogP contribution in [0.25, 0.3) is 11.1 Å². The van der Waals surface area contributed by atoms with Crippen molar-refractivity contribution in [2.75, 3.05) is 41.8 Å². The summed E-state index contributed by atoms with van der Waals surface area (Å²) in [6.07, 6.45) is -1.57. The van der Waals surface area contributed by atoms with Crippen molar-refractivity contribution in [2.45, 2.75) is 77.0 Å². The fourth-order valence-electron chi connectivity index (χ4n) is 6.63. The molecule has 0 spiro atoms. The third-order valence-corrected chi connectivity index (χ3v) is 9.66. The average Bonchev–Trinajstić information content (AvgIpc) is 3.44. The van der Waals surface area contributed by atoms with E-state index in [4.69, 9.17) is 4.74 Å². The van der Waals surface area contributed by atoms with Gasteiger partial charge in [0.15, 0.2) is 0 Å². The Morgan fingerprint density at radius 3 is 1.69 bits per heavy atom. The van der Waals surface area contributed by atoms with E-state index in [1.54, 1.807) is 20.8 Å². The minimum atomic E-state index is -1.42. The predicted octanol–water partition coefficient (Wildman–Crippen LogP) is 2.43. The fourth-order valence-corrected chi connectivity index (χ4v) is 6.63. The van der Waals surface area contributed by atoms with Crippen molar-refractivity contribution in [3.63, 3.8) is 0 Å². The van der Waals surface area contributed by atoms with Gasteiger partial charge in [0.25, 0.3) is 0 Å². The zero-order chi connectivity index (χ0) is 40.4. The number of fused-ring (bicyclic) bond motifs is 3. The van der Waals surface area contributed by atoms with Crippen LogP contribution in [0.3, 0.4) is 0 Å². The first-order chi connectivity index (χ1) is 25.4. The van der Waals surface area contributed by atoms with Crippen LogP contribution in [0.4, 0.5) is 4.79 Å². The minimum absolute atomic E-state index is 0.0450. The molecule has 3 rings (SSSR count). The number of amides is 6. The molecule has 5 atom stereocenters. The second kappa shape index (κ2) is 19.0. The number of benzene rings is 2. The standard InChI is InChI=1S/C39H54N6O9/c1-10-23(4)33(42-39(53)54-21-28-26-17-13-11-15-24(26)25-16-12-14-18-27(25)28)38(52)45(9)34(22(2)3)35(49)41-29(36(50)43(5)6)19-31(46)40-30(20-32(47)48)37(51)44(7)8/h11-18,22-23,28-30,33-34H,10,19-21H2,1-9H3,(H,40,46)(H,41,49)(H,42,53)(H,47,48)/t23-,29-,30-,33-,34-/m0/s1. The highest BCUT2D eigenvalue weighted by atomic mass is 16.5. The maximum Gasteiger partial charge on any atom is 0.407 e. The van der Waals surface area contributed by atoms with Crippen molar-refractivity contribution >= 4 is 41.6 Å². The second-order valence-electron chi connectivity index (χ2n) is 14.4. The number of nitrogens with one attached hydrogen (secondary N) is 3. The van der Waals surface area contributed by atoms with E-state index in [-0.39, 0.29) is 18.4 Å². The van der Waals surface area contributed by atoms with Crippen LogP contribution in [0.15, 0.2) is 48.5 Å². The van der Waals surface area contributed by atoms with E-state index >= 15 is 0 Å². The lowest BCUT2D eigenvalue weighted by Crippen LogP contribution is -2.60. The molecule has 6 amide bonds. The number of carbonyl (C=O) groups excluding carboxylic acids is 6. The van der Waals surface area contributed by atoms with Crippen molar-refractivity contribution < 1.29 is 43.4 Å². The van der Waals surface area contributed by atoms with Gasteiger partial charge in [-0.25, -0.2) is 4.79 Å². The van der Waals surface area contributed by atoms with Gasteiger partial charge in [-0.15, -0.1) is 0 Å². The van der Waals surface area contributed by atoms with Gasteiger partial charge in [-0.3, -0.25) is 28.8 Å². The molecule has 0 fully saturated rings. The van der Waals surface area contributed by atoms with E-state index < -0.39 is 84.5 Å². The number of alkyl carbamates (subject to hydrolysis) is 1. The molecule has 0 saturated carbocycles. The zero-order valence-electron chi connectivity index (χ0n) is 32.5. The fraction of sp³-hybridized carbons (Fsp3) is 0.513. The monoisotopic (exact) mass is 750 g/mol. The highest BCUT2D eigenvalue weighted by Gasteiger charge is 2.39. The summed E-state index contributed by atoms with van der Waals surface area (Å²) < 4.78 is 5.73. The summed E-state index contributed by atoms with van der Waals surface area (Å²) in [5.74, 6) is -5.77. The van der Waals surface area contributed by atoms with Gasteiger partial charge in [0, 0.05) is 41.2 Å². The van der Waals surface area contributed by atoms with Gasteiger partial charge in [0.2, 0.25) is 29.5 Å². The van der Waals surface area contributed by atoms with Crippen LogP contribution in [-0.4, -0.2) is 127 Å². The molecule has 0 aromatic heterocycles. The first-order valence-corrected chi connectivity index (χ1v) is 18.0. The summed E-state index contributed by atoms with van der Waals surface area (Å²) in [4.78, 5) is 95.0. The molecular weight excluding hydrogens is 696 g/mol. The third kappa shape index (κ3) is 10.6. The lowest BCUT2D eigenvalue weighted by Gasteiger charge is -2.35. The van der Waals surface area contributed by atoms with E-state index in [0.717, 1.165) is 27.2 Å². The quantitative estimate of drug-likeness (QED) is 0.188. The molecule has 54 heavy (non-hydrogen) atoms. The Balaban J connectivity index is 1.76. The molecule has 2 aromatic rings. The molecule has 0 unspecified atom stereocenters. The van der Waals surface area contributed by atoms with Crippen molar-refractivity contribution in [1.82, 2.24) is 30.7 Å². The Labute approximate surface area is 316 Å². The van der Waals surface area contributed by atoms with Gasteiger partial charge in [0.1, 0.15) is 30.8 Å². The number of carboxylic acid groups (broad SMARTS) is 1. The van der Waals surface area contributed by atoms with Gasteiger partial charge in [-0.1, -0.05) is 82.6 Å². The van der Waals surface area contributed by atoms with Crippen molar-refractivity contribution in [3.8, 4) is 11.1 Å². The number of hydrogen-bond acceptors (Lipinski definition) is 8. The lowest BCUT2D eigenvalue weighted by molar-refractivity contribution is -0.145. The molecule has 1 aliphatic carbocycles. The van der Waals surface area contributed by atoms with Crippen molar-refractivity contribution in [1.29, 1.82) is 0 Å². The number of aliphatic carboxylic acids is 1. The lowest BCUT2D eigenvalue weighted by atomic mass is 9.95. The summed E-state index contributed by atoms with van der Waals surface area (Å²) in [5, 5.41) is 17.0. The van der Waals surface area contributed by atoms with Crippen LogP contribution in [0.2, 0.25) is 0 Å². The van der Waals surface area contributed by atoms with Gasteiger partial charge >= 0.3 is 12.1 Å². The van der Waals surface area contributed by atoms with E-state index in [2.05, 4.69) is 16.0 Å². The highest BCUT2D eigenvalue weighted by molar-refractivity contribution is 5.97. The Hall–Kier alpha value is -5.47. The van der Waals surface area contributed by atoms with E-state index in [1.807, 2.05) is 55.5 Å². The Bertz CT molecular complexity index is 1670. The smallest absolute Gasteiger partial charge is 0.407 e. The van der Waals surface area contributed by atoms with Gasteiger partial charge in [-0.2, -0.15) is 0 Å². The zero-order valence-corrected chi connectivity index (χ0v) is 32.5. The maximum absolute atomic E-state index is 14.1. The normalized spacial score (nSPS) is 14.6. The Morgan fingerprint density at radius 1 is 0.722 bits per heavy atom. The summed E-state index contributed by atoms with van der Waals surface area (Å²) in [5.41, 5.74) is 4.23. The Kier molecular flexibility index (Phi) is 15.1. The molecule has 0 aliphatic heterocycles. The summed E-state index contributed by atoms with van der Waals surface area (Å²) in [6.45, 7) is 7.14. The SMILES string of the molecule is CC[C@H](C)[C@H](NC(=O)OCC1c2ccccc2-c2ccccc21)C(=O)N(C)[C@H](C(=O)N[C@@H](CC(=O)N[C@@H](CC(=O)O)C(=O)N(C)C)C(=O)N(C)C)C(C)C. The van der Waals surface area contributed by atoms with Crippen molar-refractivity contribution in [3.05, 3.63) is 59.7 Å². The van der Waals surface area contributed by atoms with Crippen LogP contribution in [0, 0.1) is 11.8 Å². The van der Waals surface area contributed by atoms with Crippen LogP contribution in [-0.2, 0) is 33.5 Å². The van der Waals surface area contributed by atoms with E-state index in [9.17, 15) is 38.7 Å². The van der Waals surface area contributed by atoms with Gasteiger partial charge in [-0.05, 0) is 34.1 Å². The van der Waals surface area contributed by atoms with Crippen LogP contribution < -0.4 is 16.0 Å². The Morgan fingerprint density at radius 2 is 1.22 bits per heavy atom. The number of rotatable bonds is 17. The third-order valence-electron chi connectivity index (χ3n) is 9.66. The number of hydrogen-bond donors (Lipinski definition) is 4. The molecule has 4 N–H and O–H groups in total. The molecule has 294 valence electrons. The van der Waals surface area contributed by atoms with E-state index in [1.165, 1.54) is 45.0 Å². The molecule has 2 aromatic carbocycles. The predicted molar refractivity (Wildman–Crippen MR) is 201 cm³/mol. The van der Waals surface area contributed by atoms with Crippen LogP contribution in [0.5, 0.6) is 0 Å². The minimum Gasteiger partial charge on any atom is -0.481 e. The molecule has 0 bridgehead atoms. The second-order valence-corrected chi connectivity index (χ2v) is 14.4. The molecule has 1 aliphatic rings. The molecule has 15 heteroatoms. The number of nitrogens with zero attached hydrogens (tertiary/aromatic N) is 3. The summed E-state index contributed by atoms with van der Waals surface area (Å²) in [6, 6.07) is 10.9. The highest BCUT2D eigenvalue weighted by Crippen LogP contribution is 2.44. The first-order valence-electron chi connectivity index (χ1n) is 18.0. The molecular formula is C39H54N6O9. The number of likely N-dealkylation sites (N-methyl/N-ethyl adjacent to an activating group) is 3. The number of carbonyl (C=O) groups is 7. The maximum atomic E-state index is 14.1. The van der Waals surface area contributed by atoms with Gasteiger partial charge in [0.05, 0.1) is 12.8 Å². The van der Waals surface area contributed by atoms with Crippen LogP contribution in [0.1, 0.15) is 64.0 Å². The first kappa shape index (κ1) is 42.9. The van der Waals surface area contributed by atoms with E-state index in [0.29, 0.717) is 6.42 Å². The summed E-state index contributed by atoms with van der Waals surface area (Å²) >= 11 is 0. The topological polar surface area (TPSA) is 195 Å². The number of ether oxygens (including phenoxy) is 1. The van der Waals surface area contributed by atoms with Crippen LogP contribution >= 0.6 is 0 Å². The van der Waals surface area contributed by atoms with Gasteiger partial charge < -0.3 is 40.5 Å². The molecule has 0 heterocycles. The molecule has 0 radical (unpaired) electrons. The van der Waals surface area contributed by atoms with Crippen molar-refractivity contribution in [2.24, 2.45) is 11.8 Å². The molecule has 0 saturated heterocycles. The summed E-state index contributed by atoms with van der Waals surface area (Å²) in [7, 11) is 7.11.